The first kappa shape index (κ1) is 17.2. The van der Waals surface area contributed by atoms with Crippen LogP contribution in [0.2, 0.25) is 5.15 Å². The summed E-state index contributed by atoms with van der Waals surface area (Å²) in [4.78, 5) is 26.3. The van der Waals surface area contributed by atoms with Crippen molar-refractivity contribution in [2.45, 2.75) is 39.2 Å². The van der Waals surface area contributed by atoms with Crippen molar-refractivity contribution in [2.24, 2.45) is 0 Å². The van der Waals surface area contributed by atoms with E-state index in [-0.39, 0.29) is 11.6 Å². The normalized spacial score (nSPS) is 10.7. The summed E-state index contributed by atoms with van der Waals surface area (Å²) < 4.78 is 1.83. The lowest BCUT2D eigenvalue weighted by Crippen LogP contribution is -2.09. The molecule has 6 heteroatoms. The highest BCUT2D eigenvalue weighted by molar-refractivity contribution is 6.31. The largest absolute Gasteiger partial charge is 0.481 e. The number of benzene rings is 1. The summed E-state index contributed by atoms with van der Waals surface area (Å²) in [6, 6.07) is 7.30. The van der Waals surface area contributed by atoms with E-state index in [1.165, 1.54) is 0 Å². The van der Waals surface area contributed by atoms with Gasteiger partial charge in [0.05, 0.1) is 6.42 Å². The zero-order chi connectivity index (χ0) is 16.8. The minimum atomic E-state index is -0.857. The van der Waals surface area contributed by atoms with Crippen molar-refractivity contribution in [3.63, 3.8) is 0 Å². The van der Waals surface area contributed by atoms with Crippen LogP contribution < -0.4 is 0 Å². The third-order valence-electron chi connectivity index (χ3n) is 3.63. The number of hydrogen-bond donors (Lipinski definition) is 1. The molecule has 0 radical (unpaired) electrons. The van der Waals surface area contributed by atoms with Crippen molar-refractivity contribution in [3.05, 3.63) is 52.1 Å². The highest BCUT2D eigenvalue weighted by atomic mass is 35.5. The lowest BCUT2D eigenvalue weighted by molar-refractivity contribution is -0.136. The van der Waals surface area contributed by atoms with Gasteiger partial charge in [0.1, 0.15) is 11.5 Å². The van der Waals surface area contributed by atoms with Crippen LogP contribution >= 0.6 is 11.6 Å². The monoisotopic (exact) mass is 334 g/mol. The fourth-order valence-electron chi connectivity index (χ4n) is 2.42. The molecule has 0 atom stereocenters. The summed E-state index contributed by atoms with van der Waals surface area (Å²) in [5, 5.41) is 9.03. The van der Waals surface area contributed by atoms with Gasteiger partial charge >= 0.3 is 5.97 Å². The molecule has 1 aromatic carbocycles. The van der Waals surface area contributed by atoms with E-state index in [9.17, 15) is 9.59 Å². The number of halogens is 1. The molecular weight excluding hydrogens is 316 g/mol. The van der Waals surface area contributed by atoms with E-state index in [0.29, 0.717) is 12.2 Å². The van der Waals surface area contributed by atoms with Crippen LogP contribution in [-0.4, -0.2) is 26.9 Å². The number of aliphatic carboxylic acids is 1. The van der Waals surface area contributed by atoms with Crippen LogP contribution in [0.15, 0.2) is 24.3 Å². The van der Waals surface area contributed by atoms with Crippen LogP contribution in [0.3, 0.4) is 0 Å². The maximum Gasteiger partial charge on any atom is 0.307 e. The van der Waals surface area contributed by atoms with Gasteiger partial charge in [0.2, 0.25) is 0 Å². The number of hydrogen-bond acceptors (Lipinski definition) is 3. The molecule has 0 aliphatic heterocycles. The van der Waals surface area contributed by atoms with Crippen LogP contribution in [-0.2, 0) is 24.2 Å². The molecule has 0 unspecified atom stereocenters. The topological polar surface area (TPSA) is 72.2 Å². The quantitative estimate of drug-likeness (QED) is 0.751. The Hall–Kier alpha value is -2.14. The molecule has 2 rings (SSSR count). The number of unbranched alkanes of at least 4 members (excludes halogenated alkanes) is 1. The summed E-state index contributed by atoms with van der Waals surface area (Å²) in [7, 11) is 0. The second-order valence-corrected chi connectivity index (χ2v) is 5.76. The Morgan fingerprint density at radius 1 is 1.30 bits per heavy atom. The Morgan fingerprint density at radius 2 is 1.96 bits per heavy atom. The van der Waals surface area contributed by atoms with Gasteiger partial charge in [-0.2, -0.15) is 0 Å². The van der Waals surface area contributed by atoms with Gasteiger partial charge in [-0.25, -0.2) is 4.98 Å². The van der Waals surface area contributed by atoms with Gasteiger partial charge in [-0.15, -0.1) is 0 Å². The molecule has 1 heterocycles. The molecule has 0 aliphatic rings. The molecule has 0 amide bonds. The Balaban J connectivity index is 2.24. The number of imidazole rings is 1. The molecular formula is C17H19ClN2O3. The SMILES string of the molecule is CCCCc1nc(Cl)c(C=O)n1Cc1ccc(CC(=O)O)cc1. The predicted octanol–water partition coefficient (Wildman–Crippen LogP) is 3.37. The van der Waals surface area contributed by atoms with Crippen LogP contribution in [0.5, 0.6) is 0 Å². The first-order valence-corrected chi connectivity index (χ1v) is 7.92. The molecule has 1 N–H and O–H groups in total. The number of aldehydes is 1. The van der Waals surface area contributed by atoms with E-state index in [1.54, 1.807) is 12.1 Å². The summed E-state index contributed by atoms with van der Waals surface area (Å²) in [5.74, 6) is -0.0576. The maximum absolute atomic E-state index is 11.3. The zero-order valence-electron chi connectivity index (χ0n) is 13.0. The van der Waals surface area contributed by atoms with E-state index >= 15 is 0 Å². The van der Waals surface area contributed by atoms with Gasteiger partial charge in [-0.1, -0.05) is 49.2 Å². The van der Waals surface area contributed by atoms with Gasteiger partial charge in [-0.05, 0) is 17.5 Å². The Morgan fingerprint density at radius 3 is 2.52 bits per heavy atom. The lowest BCUT2D eigenvalue weighted by atomic mass is 10.1. The fourth-order valence-corrected chi connectivity index (χ4v) is 2.66. The van der Waals surface area contributed by atoms with Crippen LogP contribution in [0.4, 0.5) is 0 Å². The number of nitrogens with zero attached hydrogens (tertiary/aromatic N) is 2. The zero-order valence-corrected chi connectivity index (χ0v) is 13.7. The molecule has 122 valence electrons. The highest BCUT2D eigenvalue weighted by Gasteiger charge is 2.15. The molecule has 0 spiro atoms. The summed E-state index contributed by atoms with van der Waals surface area (Å²) in [6.07, 6.45) is 3.50. The van der Waals surface area contributed by atoms with Crippen molar-refractivity contribution in [2.75, 3.05) is 0 Å². The van der Waals surface area contributed by atoms with Crippen LogP contribution in [0, 0.1) is 0 Å². The van der Waals surface area contributed by atoms with Gasteiger partial charge in [-0.3, -0.25) is 9.59 Å². The minimum Gasteiger partial charge on any atom is -0.481 e. The van der Waals surface area contributed by atoms with Crippen molar-refractivity contribution >= 4 is 23.9 Å². The second-order valence-electron chi connectivity index (χ2n) is 5.40. The molecule has 2 aromatic rings. The standard InChI is InChI=1S/C17H19ClN2O3/c1-2-3-4-15-19-17(18)14(11-21)20(15)10-13-7-5-12(6-8-13)9-16(22)23/h5-8,11H,2-4,9-10H2,1H3,(H,22,23). The van der Waals surface area contributed by atoms with E-state index in [2.05, 4.69) is 11.9 Å². The Kier molecular flexibility index (Phi) is 5.93. The van der Waals surface area contributed by atoms with E-state index in [4.69, 9.17) is 16.7 Å². The number of carbonyl (C=O) groups is 2. The van der Waals surface area contributed by atoms with Crippen molar-refractivity contribution in [3.8, 4) is 0 Å². The molecule has 23 heavy (non-hydrogen) atoms. The second kappa shape index (κ2) is 7.92. The lowest BCUT2D eigenvalue weighted by Gasteiger charge is -2.10. The van der Waals surface area contributed by atoms with Crippen LogP contribution in [0.1, 0.15) is 47.2 Å². The fraction of sp³-hybridized carbons (Fsp3) is 0.353. The van der Waals surface area contributed by atoms with Crippen molar-refractivity contribution in [1.29, 1.82) is 0 Å². The number of aryl methyl sites for hydroxylation is 1. The number of carboxylic acids is 1. The summed E-state index contributed by atoms with van der Waals surface area (Å²) in [6.45, 7) is 2.58. The van der Waals surface area contributed by atoms with Gasteiger partial charge in [0, 0.05) is 13.0 Å². The van der Waals surface area contributed by atoms with E-state index < -0.39 is 5.97 Å². The summed E-state index contributed by atoms with van der Waals surface area (Å²) >= 11 is 6.05. The van der Waals surface area contributed by atoms with Gasteiger partial charge < -0.3 is 9.67 Å². The average Bonchev–Trinajstić information content (AvgIpc) is 2.81. The van der Waals surface area contributed by atoms with E-state index in [1.807, 2.05) is 16.7 Å². The van der Waals surface area contributed by atoms with Gasteiger partial charge in [0.25, 0.3) is 0 Å². The molecule has 0 aliphatic carbocycles. The third kappa shape index (κ3) is 4.42. The number of aromatic nitrogens is 2. The first-order chi connectivity index (χ1) is 11.0. The van der Waals surface area contributed by atoms with Crippen molar-refractivity contribution in [1.82, 2.24) is 9.55 Å². The van der Waals surface area contributed by atoms with Gasteiger partial charge in [0.15, 0.2) is 11.4 Å². The predicted molar refractivity (Wildman–Crippen MR) is 88.1 cm³/mol. The smallest absolute Gasteiger partial charge is 0.307 e. The maximum atomic E-state index is 11.3. The first-order valence-electron chi connectivity index (χ1n) is 7.54. The Labute approximate surface area is 139 Å². The molecule has 0 bridgehead atoms. The van der Waals surface area contributed by atoms with E-state index in [0.717, 1.165) is 42.5 Å². The number of rotatable bonds is 8. The average molecular weight is 335 g/mol. The number of carboxylic acid groups (broad SMARTS) is 1. The third-order valence-corrected chi connectivity index (χ3v) is 3.90. The van der Waals surface area contributed by atoms with Crippen LogP contribution in [0.25, 0.3) is 0 Å². The Bertz CT molecular complexity index is 693. The molecule has 0 saturated carbocycles. The molecule has 1 aromatic heterocycles. The molecule has 0 saturated heterocycles. The molecule has 5 nitrogen and oxygen atoms in total. The summed E-state index contributed by atoms with van der Waals surface area (Å²) in [5.41, 5.74) is 2.09. The molecule has 0 fully saturated rings. The minimum absolute atomic E-state index is 0.00147. The number of carbonyl (C=O) groups excluding carboxylic acids is 1. The van der Waals surface area contributed by atoms with Crippen molar-refractivity contribution < 1.29 is 14.7 Å². The highest BCUT2D eigenvalue weighted by Crippen LogP contribution is 2.19.